The molecule has 0 N–H and O–H groups in total. The first-order valence-corrected chi connectivity index (χ1v) is 9.02. The summed E-state index contributed by atoms with van der Waals surface area (Å²) in [4.78, 5) is 27.0. The van der Waals surface area contributed by atoms with Crippen LogP contribution in [0.2, 0.25) is 0 Å². The molecule has 1 heterocycles. The zero-order valence-electron chi connectivity index (χ0n) is 16.0. The van der Waals surface area contributed by atoms with E-state index in [1.807, 2.05) is 24.3 Å². The molecule has 3 aromatic rings. The molecule has 0 fully saturated rings. The van der Waals surface area contributed by atoms with Crippen molar-refractivity contribution in [3.8, 4) is 17.1 Å². The Morgan fingerprint density at radius 3 is 2.59 bits per heavy atom. The normalized spacial score (nSPS) is 10.6. The quantitative estimate of drug-likeness (QED) is 0.318. The third kappa shape index (κ3) is 4.75. The molecular formula is C20H19N3O6. The van der Waals surface area contributed by atoms with Gasteiger partial charge in [-0.1, -0.05) is 36.3 Å². The number of carbonyl (C=O) groups is 1. The van der Waals surface area contributed by atoms with Gasteiger partial charge in [0.15, 0.2) is 12.4 Å². The van der Waals surface area contributed by atoms with Gasteiger partial charge in [-0.05, 0) is 31.0 Å². The van der Waals surface area contributed by atoms with Crippen LogP contribution in [-0.4, -0.2) is 27.6 Å². The standard InChI is InChI=1S/C20H19N3O6/c1-3-13-5-7-14(8-6-13)19-21-18(29-22-19)12-28-20(24)15-9-10-17(27-4-2)16(11-15)23(25)26/h5-11H,3-4,12H2,1-2H3. The van der Waals surface area contributed by atoms with Crippen LogP contribution < -0.4 is 4.74 Å². The van der Waals surface area contributed by atoms with Crippen LogP contribution in [0, 0.1) is 10.1 Å². The second-order valence-corrected chi connectivity index (χ2v) is 6.01. The molecule has 150 valence electrons. The Bertz CT molecular complexity index is 1010. The highest BCUT2D eigenvalue weighted by Gasteiger charge is 2.20. The van der Waals surface area contributed by atoms with Gasteiger partial charge in [0.25, 0.3) is 5.89 Å². The number of benzene rings is 2. The SMILES string of the molecule is CCOc1ccc(C(=O)OCc2nc(-c3ccc(CC)cc3)no2)cc1[N+](=O)[O-]. The molecule has 0 unspecified atom stereocenters. The van der Waals surface area contributed by atoms with Crippen molar-refractivity contribution in [2.75, 3.05) is 6.61 Å². The minimum Gasteiger partial charge on any atom is -0.487 e. The molecule has 9 heteroatoms. The molecule has 29 heavy (non-hydrogen) atoms. The van der Waals surface area contributed by atoms with Crippen molar-refractivity contribution in [3.63, 3.8) is 0 Å². The number of aromatic nitrogens is 2. The number of ether oxygens (including phenoxy) is 2. The summed E-state index contributed by atoms with van der Waals surface area (Å²) in [6.45, 7) is 3.79. The van der Waals surface area contributed by atoms with Gasteiger partial charge in [0, 0.05) is 11.6 Å². The largest absolute Gasteiger partial charge is 0.487 e. The van der Waals surface area contributed by atoms with Crippen molar-refractivity contribution in [1.82, 2.24) is 10.1 Å². The Morgan fingerprint density at radius 1 is 1.17 bits per heavy atom. The van der Waals surface area contributed by atoms with Gasteiger partial charge in [0.2, 0.25) is 5.82 Å². The van der Waals surface area contributed by atoms with E-state index in [1.54, 1.807) is 6.92 Å². The van der Waals surface area contributed by atoms with Crippen LogP contribution in [0.1, 0.15) is 35.7 Å². The monoisotopic (exact) mass is 397 g/mol. The third-order valence-corrected chi connectivity index (χ3v) is 4.11. The number of esters is 1. The van der Waals surface area contributed by atoms with E-state index in [-0.39, 0.29) is 36.1 Å². The smallest absolute Gasteiger partial charge is 0.338 e. The van der Waals surface area contributed by atoms with Gasteiger partial charge in [-0.2, -0.15) is 4.98 Å². The van der Waals surface area contributed by atoms with Crippen molar-refractivity contribution in [2.45, 2.75) is 26.9 Å². The predicted octanol–water partition coefficient (Wildman–Crippen LogP) is 3.96. The molecule has 0 radical (unpaired) electrons. The summed E-state index contributed by atoms with van der Waals surface area (Å²) in [6, 6.07) is 11.6. The van der Waals surface area contributed by atoms with Gasteiger partial charge in [-0.25, -0.2) is 4.79 Å². The number of aryl methyl sites for hydroxylation is 1. The molecule has 9 nitrogen and oxygen atoms in total. The van der Waals surface area contributed by atoms with E-state index < -0.39 is 10.9 Å². The van der Waals surface area contributed by atoms with Gasteiger partial charge < -0.3 is 14.0 Å². The first-order valence-electron chi connectivity index (χ1n) is 9.02. The van der Waals surface area contributed by atoms with Crippen LogP contribution in [0.25, 0.3) is 11.4 Å². The van der Waals surface area contributed by atoms with E-state index in [0.29, 0.717) is 5.82 Å². The predicted molar refractivity (Wildman–Crippen MR) is 102 cm³/mol. The summed E-state index contributed by atoms with van der Waals surface area (Å²) in [6.07, 6.45) is 0.928. The zero-order chi connectivity index (χ0) is 20.8. The summed E-state index contributed by atoms with van der Waals surface area (Å²) in [7, 11) is 0. The zero-order valence-corrected chi connectivity index (χ0v) is 16.0. The minimum absolute atomic E-state index is 0.0232. The number of nitrogens with zero attached hydrogens (tertiary/aromatic N) is 3. The lowest BCUT2D eigenvalue weighted by atomic mass is 10.1. The highest BCUT2D eigenvalue weighted by atomic mass is 16.6. The van der Waals surface area contributed by atoms with Crippen molar-refractivity contribution in [1.29, 1.82) is 0 Å². The lowest BCUT2D eigenvalue weighted by Gasteiger charge is -2.06. The van der Waals surface area contributed by atoms with Crippen molar-refractivity contribution in [3.05, 3.63) is 69.6 Å². The molecule has 0 amide bonds. The topological polar surface area (TPSA) is 118 Å². The van der Waals surface area contributed by atoms with Crippen LogP contribution in [0.4, 0.5) is 5.69 Å². The highest BCUT2D eigenvalue weighted by molar-refractivity contribution is 5.90. The second kappa shape index (κ2) is 8.96. The molecule has 2 aromatic carbocycles. The number of carbonyl (C=O) groups excluding carboxylic acids is 1. The van der Waals surface area contributed by atoms with Crippen molar-refractivity contribution < 1.29 is 23.7 Å². The van der Waals surface area contributed by atoms with Gasteiger partial charge in [0.05, 0.1) is 17.1 Å². The fraction of sp³-hybridized carbons (Fsp3) is 0.250. The van der Waals surface area contributed by atoms with E-state index >= 15 is 0 Å². The molecular weight excluding hydrogens is 378 g/mol. The Balaban J connectivity index is 1.67. The number of nitro benzene ring substituents is 1. The second-order valence-electron chi connectivity index (χ2n) is 6.01. The van der Waals surface area contributed by atoms with E-state index in [9.17, 15) is 14.9 Å². The maximum absolute atomic E-state index is 12.2. The average Bonchev–Trinajstić information content (AvgIpc) is 3.21. The molecule has 0 aliphatic heterocycles. The lowest BCUT2D eigenvalue weighted by Crippen LogP contribution is -2.07. The third-order valence-electron chi connectivity index (χ3n) is 4.11. The van der Waals surface area contributed by atoms with E-state index in [1.165, 1.54) is 17.7 Å². The number of hydrogen-bond donors (Lipinski definition) is 0. The fourth-order valence-electron chi connectivity index (χ4n) is 2.60. The molecule has 0 bridgehead atoms. The Hall–Kier alpha value is -3.75. The molecule has 0 aliphatic carbocycles. The van der Waals surface area contributed by atoms with Crippen LogP contribution in [-0.2, 0) is 17.8 Å². The van der Waals surface area contributed by atoms with Gasteiger partial charge in [-0.15, -0.1) is 0 Å². The van der Waals surface area contributed by atoms with E-state index in [0.717, 1.165) is 18.1 Å². The summed E-state index contributed by atoms with van der Waals surface area (Å²) in [5.74, 6) is -0.156. The molecule has 3 rings (SSSR count). The van der Waals surface area contributed by atoms with Crippen molar-refractivity contribution >= 4 is 11.7 Å². The highest BCUT2D eigenvalue weighted by Crippen LogP contribution is 2.28. The van der Waals surface area contributed by atoms with Crippen LogP contribution in [0.3, 0.4) is 0 Å². The summed E-state index contributed by atoms with van der Waals surface area (Å²) >= 11 is 0. The molecule has 0 spiro atoms. The first-order chi connectivity index (χ1) is 14.0. The summed E-state index contributed by atoms with van der Waals surface area (Å²) in [5.41, 5.74) is 1.69. The fourth-order valence-corrected chi connectivity index (χ4v) is 2.60. The average molecular weight is 397 g/mol. The number of nitro groups is 1. The lowest BCUT2D eigenvalue weighted by molar-refractivity contribution is -0.385. The molecule has 0 saturated heterocycles. The summed E-state index contributed by atoms with van der Waals surface area (Å²) in [5, 5.41) is 15.0. The van der Waals surface area contributed by atoms with Gasteiger partial charge in [0.1, 0.15) is 0 Å². The maximum Gasteiger partial charge on any atom is 0.338 e. The van der Waals surface area contributed by atoms with Gasteiger partial charge >= 0.3 is 11.7 Å². The van der Waals surface area contributed by atoms with E-state index in [4.69, 9.17) is 14.0 Å². The Labute approximate surface area is 166 Å². The number of rotatable bonds is 8. The maximum atomic E-state index is 12.2. The van der Waals surface area contributed by atoms with Gasteiger partial charge in [-0.3, -0.25) is 10.1 Å². The minimum atomic E-state index is -0.747. The van der Waals surface area contributed by atoms with Crippen LogP contribution in [0.5, 0.6) is 5.75 Å². The first kappa shape index (κ1) is 20.0. The van der Waals surface area contributed by atoms with E-state index in [2.05, 4.69) is 17.1 Å². The molecule has 0 saturated carbocycles. The number of hydrogen-bond acceptors (Lipinski definition) is 8. The summed E-state index contributed by atoms with van der Waals surface area (Å²) < 4.78 is 15.4. The molecule has 1 aromatic heterocycles. The Morgan fingerprint density at radius 2 is 1.93 bits per heavy atom. The Kier molecular flexibility index (Phi) is 6.18. The van der Waals surface area contributed by atoms with Crippen LogP contribution in [0.15, 0.2) is 47.0 Å². The molecule has 0 atom stereocenters. The van der Waals surface area contributed by atoms with Crippen LogP contribution >= 0.6 is 0 Å². The molecule has 0 aliphatic rings. The van der Waals surface area contributed by atoms with Crippen molar-refractivity contribution in [2.24, 2.45) is 0 Å².